The summed E-state index contributed by atoms with van der Waals surface area (Å²) in [6.45, 7) is 3.66. The van der Waals surface area contributed by atoms with E-state index in [1.807, 2.05) is 26.2 Å². The molecule has 13 heavy (non-hydrogen) atoms. The first-order valence-corrected chi connectivity index (χ1v) is 4.30. The Hall–Kier alpha value is -1.28. The summed E-state index contributed by atoms with van der Waals surface area (Å²) in [6.07, 6.45) is 1.74. The zero-order valence-electron chi connectivity index (χ0n) is 8.20. The minimum atomic E-state index is -0.0591. The Bertz CT molecular complexity index is 275. The fraction of sp³-hybridized carbons (Fsp3) is 0.273. The van der Waals surface area contributed by atoms with Gasteiger partial charge >= 0.3 is 0 Å². The van der Waals surface area contributed by atoms with Gasteiger partial charge in [0.2, 0.25) is 0 Å². The van der Waals surface area contributed by atoms with E-state index in [2.05, 4.69) is 23.6 Å². The van der Waals surface area contributed by atoms with E-state index in [1.54, 1.807) is 6.08 Å². The van der Waals surface area contributed by atoms with Gasteiger partial charge in [-0.2, -0.15) is 0 Å². The first kappa shape index (κ1) is 9.81. The van der Waals surface area contributed by atoms with E-state index in [0.29, 0.717) is 0 Å². The SMILES string of the molecule is C=C[C@@H](N)c1ccc(N(C)C)cc1. The molecule has 0 aromatic heterocycles. The molecular formula is C11H16N2. The second kappa shape index (κ2) is 4.10. The van der Waals surface area contributed by atoms with Crippen LogP contribution in [0.4, 0.5) is 5.69 Å². The van der Waals surface area contributed by atoms with Crippen molar-refractivity contribution in [1.82, 2.24) is 0 Å². The summed E-state index contributed by atoms with van der Waals surface area (Å²) >= 11 is 0. The van der Waals surface area contributed by atoms with Crippen LogP contribution in [0.25, 0.3) is 0 Å². The lowest BCUT2D eigenvalue weighted by molar-refractivity contribution is 0.913. The summed E-state index contributed by atoms with van der Waals surface area (Å²) in [5, 5.41) is 0. The van der Waals surface area contributed by atoms with E-state index in [0.717, 1.165) is 5.56 Å². The molecule has 70 valence electrons. The Balaban J connectivity index is 2.87. The highest BCUT2D eigenvalue weighted by atomic mass is 15.1. The third kappa shape index (κ3) is 2.33. The van der Waals surface area contributed by atoms with Gasteiger partial charge in [-0.15, -0.1) is 6.58 Å². The topological polar surface area (TPSA) is 29.3 Å². The first-order valence-electron chi connectivity index (χ1n) is 4.30. The highest BCUT2D eigenvalue weighted by Crippen LogP contribution is 2.16. The van der Waals surface area contributed by atoms with Crippen molar-refractivity contribution in [2.75, 3.05) is 19.0 Å². The zero-order valence-corrected chi connectivity index (χ0v) is 8.20. The van der Waals surface area contributed by atoms with Crippen molar-refractivity contribution in [2.45, 2.75) is 6.04 Å². The summed E-state index contributed by atoms with van der Waals surface area (Å²) in [5.41, 5.74) is 8.07. The molecule has 0 spiro atoms. The van der Waals surface area contributed by atoms with Gasteiger partial charge in [0.25, 0.3) is 0 Å². The standard InChI is InChI=1S/C11H16N2/c1-4-11(12)9-5-7-10(8-6-9)13(2)3/h4-8,11H,1,12H2,2-3H3/t11-/m1/s1. The van der Waals surface area contributed by atoms with Crippen LogP contribution in [0.2, 0.25) is 0 Å². The maximum atomic E-state index is 5.79. The second-order valence-electron chi connectivity index (χ2n) is 3.25. The highest BCUT2D eigenvalue weighted by Gasteiger charge is 2.00. The summed E-state index contributed by atoms with van der Waals surface area (Å²) in [6, 6.07) is 8.11. The van der Waals surface area contributed by atoms with Gasteiger partial charge in [0.1, 0.15) is 0 Å². The molecule has 2 nitrogen and oxygen atoms in total. The molecule has 0 aliphatic rings. The predicted molar refractivity (Wildman–Crippen MR) is 57.9 cm³/mol. The number of anilines is 1. The normalized spacial score (nSPS) is 12.2. The molecule has 1 rings (SSSR count). The fourth-order valence-electron chi connectivity index (χ4n) is 1.13. The lowest BCUT2D eigenvalue weighted by Gasteiger charge is -2.13. The lowest BCUT2D eigenvalue weighted by Crippen LogP contribution is -2.10. The van der Waals surface area contributed by atoms with E-state index >= 15 is 0 Å². The number of benzene rings is 1. The molecule has 2 heteroatoms. The monoisotopic (exact) mass is 176 g/mol. The number of nitrogens with two attached hydrogens (primary N) is 1. The van der Waals surface area contributed by atoms with Crippen LogP contribution >= 0.6 is 0 Å². The molecule has 0 aliphatic carbocycles. The molecule has 0 unspecified atom stereocenters. The minimum Gasteiger partial charge on any atom is -0.378 e. The molecule has 1 aromatic rings. The largest absolute Gasteiger partial charge is 0.378 e. The van der Waals surface area contributed by atoms with Crippen LogP contribution in [-0.4, -0.2) is 14.1 Å². The van der Waals surface area contributed by atoms with Crippen molar-refractivity contribution in [3.63, 3.8) is 0 Å². The summed E-state index contributed by atoms with van der Waals surface area (Å²) < 4.78 is 0. The lowest BCUT2D eigenvalue weighted by atomic mass is 10.1. The van der Waals surface area contributed by atoms with Crippen LogP contribution in [0, 0.1) is 0 Å². The number of hydrogen-bond acceptors (Lipinski definition) is 2. The Kier molecular flexibility index (Phi) is 3.09. The van der Waals surface area contributed by atoms with E-state index in [1.165, 1.54) is 5.69 Å². The van der Waals surface area contributed by atoms with E-state index in [4.69, 9.17) is 5.73 Å². The third-order valence-electron chi connectivity index (χ3n) is 2.05. The van der Waals surface area contributed by atoms with Crippen LogP contribution in [0.5, 0.6) is 0 Å². The average molecular weight is 176 g/mol. The number of hydrogen-bond donors (Lipinski definition) is 1. The van der Waals surface area contributed by atoms with Crippen LogP contribution in [0.1, 0.15) is 11.6 Å². The molecule has 1 aromatic carbocycles. The molecule has 0 aliphatic heterocycles. The third-order valence-corrected chi connectivity index (χ3v) is 2.05. The van der Waals surface area contributed by atoms with Gasteiger partial charge in [0.15, 0.2) is 0 Å². The second-order valence-corrected chi connectivity index (χ2v) is 3.25. The zero-order chi connectivity index (χ0) is 9.84. The number of rotatable bonds is 3. The Morgan fingerprint density at radius 3 is 2.23 bits per heavy atom. The molecule has 0 bridgehead atoms. The van der Waals surface area contributed by atoms with Crippen molar-refractivity contribution in [2.24, 2.45) is 5.73 Å². The van der Waals surface area contributed by atoms with Crippen LogP contribution in [0.3, 0.4) is 0 Å². The molecule has 0 radical (unpaired) electrons. The molecular weight excluding hydrogens is 160 g/mol. The molecule has 0 heterocycles. The first-order chi connectivity index (χ1) is 6.15. The summed E-state index contributed by atoms with van der Waals surface area (Å²) in [7, 11) is 4.03. The smallest absolute Gasteiger partial charge is 0.0478 e. The van der Waals surface area contributed by atoms with Crippen molar-refractivity contribution in [1.29, 1.82) is 0 Å². The Morgan fingerprint density at radius 1 is 1.31 bits per heavy atom. The fourth-order valence-corrected chi connectivity index (χ4v) is 1.13. The van der Waals surface area contributed by atoms with Crippen LogP contribution < -0.4 is 10.6 Å². The van der Waals surface area contributed by atoms with Gasteiger partial charge in [-0.3, -0.25) is 0 Å². The van der Waals surface area contributed by atoms with Crippen LogP contribution in [0.15, 0.2) is 36.9 Å². The van der Waals surface area contributed by atoms with Gasteiger partial charge in [-0.25, -0.2) is 0 Å². The van der Waals surface area contributed by atoms with Gasteiger partial charge in [0.05, 0.1) is 0 Å². The van der Waals surface area contributed by atoms with Crippen molar-refractivity contribution >= 4 is 5.69 Å². The Morgan fingerprint density at radius 2 is 1.85 bits per heavy atom. The predicted octanol–water partition coefficient (Wildman–Crippen LogP) is 1.94. The van der Waals surface area contributed by atoms with E-state index < -0.39 is 0 Å². The van der Waals surface area contributed by atoms with Crippen molar-refractivity contribution in [3.05, 3.63) is 42.5 Å². The molecule has 1 atom stereocenters. The quantitative estimate of drug-likeness (QED) is 0.713. The molecule has 2 N–H and O–H groups in total. The van der Waals surface area contributed by atoms with E-state index in [9.17, 15) is 0 Å². The maximum Gasteiger partial charge on any atom is 0.0478 e. The summed E-state index contributed by atoms with van der Waals surface area (Å²) in [5.74, 6) is 0. The number of nitrogens with zero attached hydrogens (tertiary/aromatic N) is 1. The Labute approximate surface area is 79.7 Å². The van der Waals surface area contributed by atoms with Gasteiger partial charge in [-0.1, -0.05) is 18.2 Å². The van der Waals surface area contributed by atoms with Gasteiger partial charge in [-0.05, 0) is 17.7 Å². The van der Waals surface area contributed by atoms with Crippen molar-refractivity contribution < 1.29 is 0 Å². The molecule has 0 saturated heterocycles. The maximum absolute atomic E-state index is 5.79. The van der Waals surface area contributed by atoms with E-state index in [-0.39, 0.29) is 6.04 Å². The van der Waals surface area contributed by atoms with Gasteiger partial charge < -0.3 is 10.6 Å². The van der Waals surface area contributed by atoms with Crippen molar-refractivity contribution in [3.8, 4) is 0 Å². The average Bonchev–Trinajstić information content (AvgIpc) is 2.17. The highest BCUT2D eigenvalue weighted by molar-refractivity contribution is 5.46. The molecule has 0 amide bonds. The van der Waals surface area contributed by atoms with Crippen LogP contribution in [-0.2, 0) is 0 Å². The summed E-state index contributed by atoms with van der Waals surface area (Å²) in [4.78, 5) is 2.06. The van der Waals surface area contributed by atoms with Gasteiger partial charge in [0, 0.05) is 25.8 Å². The molecule has 0 saturated carbocycles. The molecule has 0 fully saturated rings. The minimum absolute atomic E-state index is 0.0591.